The molecule has 18 heavy (non-hydrogen) atoms. The summed E-state index contributed by atoms with van der Waals surface area (Å²) in [6.45, 7) is 0. The van der Waals surface area contributed by atoms with E-state index in [0.29, 0.717) is 17.2 Å². The lowest BCUT2D eigenvalue weighted by atomic mass is 9.81. The quantitative estimate of drug-likeness (QED) is 0.901. The molecule has 0 atom stereocenters. The first-order valence-corrected chi connectivity index (χ1v) is 6.54. The lowest BCUT2D eigenvalue weighted by Gasteiger charge is -2.25. The second-order valence-electron chi connectivity index (χ2n) is 5.18. The maximum atomic E-state index is 11.9. The third-order valence-electron chi connectivity index (χ3n) is 3.87. The van der Waals surface area contributed by atoms with Crippen molar-refractivity contribution in [2.24, 2.45) is 5.92 Å². The third kappa shape index (κ3) is 2.13. The fourth-order valence-electron chi connectivity index (χ4n) is 2.53. The van der Waals surface area contributed by atoms with Crippen LogP contribution in [0, 0.1) is 5.92 Å². The topological polar surface area (TPSA) is 56.2 Å². The van der Waals surface area contributed by atoms with Gasteiger partial charge in [-0.25, -0.2) is 0 Å². The predicted molar refractivity (Wildman–Crippen MR) is 71.7 cm³/mol. The monoisotopic (exact) mass is 243 g/mol. The zero-order valence-electron chi connectivity index (χ0n) is 10.3. The SMILES string of the molecule is Nc1ccc2c(=O)cc(CCC3CCC3)cc-2o1. The van der Waals surface area contributed by atoms with Crippen molar-refractivity contribution in [1.82, 2.24) is 0 Å². The summed E-state index contributed by atoms with van der Waals surface area (Å²) < 4.78 is 5.41. The molecule has 3 rings (SSSR count). The Labute approximate surface area is 106 Å². The number of anilines is 1. The minimum atomic E-state index is 0.0276. The molecule has 94 valence electrons. The molecule has 2 aliphatic carbocycles. The van der Waals surface area contributed by atoms with E-state index in [0.717, 1.165) is 17.9 Å². The van der Waals surface area contributed by atoms with E-state index in [2.05, 4.69) is 0 Å². The molecule has 0 bridgehead atoms. The van der Waals surface area contributed by atoms with Crippen LogP contribution in [0.3, 0.4) is 0 Å². The highest BCUT2D eigenvalue weighted by Gasteiger charge is 2.18. The zero-order chi connectivity index (χ0) is 12.5. The summed E-state index contributed by atoms with van der Waals surface area (Å²) in [5.74, 6) is 1.80. The molecular formula is C15H17NO2. The van der Waals surface area contributed by atoms with Gasteiger partial charge in [-0.1, -0.05) is 19.3 Å². The molecule has 0 unspecified atom stereocenters. The summed E-state index contributed by atoms with van der Waals surface area (Å²) in [7, 11) is 0. The lowest BCUT2D eigenvalue weighted by molar-refractivity contribution is 0.296. The summed E-state index contributed by atoms with van der Waals surface area (Å²) in [6.07, 6.45) is 6.18. The van der Waals surface area contributed by atoms with E-state index in [1.54, 1.807) is 18.2 Å². The van der Waals surface area contributed by atoms with Crippen molar-refractivity contribution in [3.05, 3.63) is 40.1 Å². The molecule has 1 aliphatic heterocycles. The summed E-state index contributed by atoms with van der Waals surface area (Å²) >= 11 is 0. The van der Waals surface area contributed by atoms with Gasteiger partial charge >= 0.3 is 0 Å². The molecule has 0 saturated heterocycles. The van der Waals surface area contributed by atoms with E-state index in [4.69, 9.17) is 10.2 Å². The van der Waals surface area contributed by atoms with Crippen LogP contribution < -0.4 is 11.2 Å². The first-order chi connectivity index (χ1) is 8.72. The highest BCUT2D eigenvalue weighted by molar-refractivity contribution is 5.61. The van der Waals surface area contributed by atoms with Crippen molar-refractivity contribution in [2.75, 3.05) is 5.73 Å². The van der Waals surface area contributed by atoms with Crippen LogP contribution in [0.5, 0.6) is 0 Å². The van der Waals surface area contributed by atoms with Crippen LogP contribution in [0.25, 0.3) is 11.3 Å². The van der Waals surface area contributed by atoms with Gasteiger partial charge in [-0.3, -0.25) is 4.79 Å². The largest absolute Gasteiger partial charge is 0.441 e. The van der Waals surface area contributed by atoms with E-state index < -0.39 is 0 Å². The number of rotatable bonds is 3. The summed E-state index contributed by atoms with van der Waals surface area (Å²) in [5.41, 5.74) is 7.31. The van der Waals surface area contributed by atoms with Gasteiger partial charge in [0, 0.05) is 0 Å². The molecule has 0 radical (unpaired) electrons. The Hall–Kier alpha value is -1.77. The van der Waals surface area contributed by atoms with Gasteiger partial charge in [0.2, 0.25) is 0 Å². The van der Waals surface area contributed by atoms with Crippen LogP contribution in [-0.2, 0) is 6.42 Å². The first kappa shape index (κ1) is 11.3. The summed E-state index contributed by atoms with van der Waals surface area (Å²) in [4.78, 5) is 11.9. The van der Waals surface area contributed by atoms with E-state index >= 15 is 0 Å². The Morgan fingerprint density at radius 3 is 2.83 bits per heavy atom. The minimum Gasteiger partial charge on any atom is -0.441 e. The predicted octanol–water partition coefficient (Wildman–Crippen LogP) is 3.06. The van der Waals surface area contributed by atoms with Crippen molar-refractivity contribution >= 4 is 5.88 Å². The van der Waals surface area contributed by atoms with Gasteiger partial charge in [0.25, 0.3) is 0 Å². The van der Waals surface area contributed by atoms with Crippen molar-refractivity contribution in [3.8, 4) is 11.3 Å². The molecular weight excluding hydrogens is 226 g/mol. The molecule has 1 fully saturated rings. The van der Waals surface area contributed by atoms with Crippen LogP contribution in [0.15, 0.2) is 33.5 Å². The molecule has 1 saturated carbocycles. The van der Waals surface area contributed by atoms with Crippen LogP contribution in [0.1, 0.15) is 31.2 Å². The molecule has 0 spiro atoms. The lowest BCUT2D eigenvalue weighted by Crippen LogP contribution is -2.13. The smallest absolute Gasteiger partial charge is 0.190 e. The third-order valence-corrected chi connectivity index (χ3v) is 3.87. The number of fused-ring (bicyclic) bond motifs is 1. The number of nitrogens with two attached hydrogens (primary N) is 1. The molecule has 0 aromatic rings. The minimum absolute atomic E-state index is 0.0276. The average molecular weight is 243 g/mol. The van der Waals surface area contributed by atoms with Gasteiger partial charge in [0.05, 0.1) is 5.56 Å². The molecule has 3 nitrogen and oxygen atoms in total. The van der Waals surface area contributed by atoms with Crippen molar-refractivity contribution in [1.29, 1.82) is 0 Å². The van der Waals surface area contributed by atoms with E-state index in [1.807, 2.05) is 6.07 Å². The second-order valence-corrected chi connectivity index (χ2v) is 5.18. The van der Waals surface area contributed by atoms with E-state index in [-0.39, 0.29) is 5.43 Å². The number of nitrogen functional groups attached to an aromatic ring is 1. The standard InChI is InChI=1S/C15H17NO2/c16-15-7-6-12-13(17)8-11(9-14(12)18-15)5-4-10-2-1-3-10/h6-10H,1-5,16H2. The Morgan fingerprint density at radius 1 is 1.28 bits per heavy atom. The first-order valence-electron chi connectivity index (χ1n) is 6.54. The van der Waals surface area contributed by atoms with Gasteiger partial charge in [0.15, 0.2) is 11.3 Å². The number of benzene rings is 1. The van der Waals surface area contributed by atoms with Crippen molar-refractivity contribution in [3.63, 3.8) is 0 Å². The fraction of sp³-hybridized carbons (Fsp3) is 0.400. The fourth-order valence-corrected chi connectivity index (χ4v) is 2.53. The van der Waals surface area contributed by atoms with Crippen molar-refractivity contribution in [2.45, 2.75) is 32.1 Å². The Balaban J connectivity index is 1.88. The highest BCUT2D eigenvalue weighted by Crippen LogP contribution is 2.31. The maximum Gasteiger partial charge on any atom is 0.190 e. The van der Waals surface area contributed by atoms with Gasteiger partial charge in [-0.2, -0.15) is 0 Å². The summed E-state index contributed by atoms with van der Waals surface area (Å²) in [6, 6.07) is 7.03. The maximum absolute atomic E-state index is 11.9. The van der Waals surface area contributed by atoms with Gasteiger partial charge in [-0.05, 0) is 48.6 Å². The highest BCUT2D eigenvalue weighted by atomic mass is 16.3. The van der Waals surface area contributed by atoms with E-state index in [9.17, 15) is 4.79 Å². The zero-order valence-corrected chi connectivity index (χ0v) is 10.3. The normalized spacial score (nSPS) is 15.8. The van der Waals surface area contributed by atoms with E-state index in [1.165, 1.54) is 25.7 Å². The number of hydrogen-bond donors (Lipinski definition) is 1. The van der Waals surface area contributed by atoms with Gasteiger partial charge in [0.1, 0.15) is 5.76 Å². The molecule has 1 heterocycles. The second kappa shape index (κ2) is 4.48. The Morgan fingerprint density at radius 2 is 2.11 bits per heavy atom. The molecule has 2 N–H and O–H groups in total. The molecule has 3 heteroatoms. The molecule has 0 amide bonds. The molecule has 0 aromatic carbocycles. The molecule has 0 aromatic heterocycles. The molecule has 3 aliphatic rings. The number of hydrogen-bond acceptors (Lipinski definition) is 3. The van der Waals surface area contributed by atoms with Crippen molar-refractivity contribution < 1.29 is 4.42 Å². The number of aryl methyl sites for hydroxylation is 1. The Kier molecular flexibility index (Phi) is 2.82. The average Bonchev–Trinajstić information content (AvgIpc) is 2.26. The van der Waals surface area contributed by atoms with Crippen LogP contribution in [-0.4, -0.2) is 0 Å². The van der Waals surface area contributed by atoms with Crippen LogP contribution in [0.2, 0.25) is 0 Å². The Bertz CT molecular complexity index is 584. The van der Waals surface area contributed by atoms with Crippen LogP contribution in [0.4, 0.5) is 5.88 Å². The summed E-state index contributed by atoms with van der Waals surface area (Å²) in [5, 5.41) is 0. The van der Waals surface area contributed by atoms with Gasteiger partial charge < -0.3 is 10.2 Å². The van der Waals surface area contributed by atoms with Crippen LogP contribution >= 0.6 is 0 Å². The van der Waals surface area contributed by atoms with Gasteiger partial charge in [-0.15, -0.1) is 0 Å².